The molecule has 0 spiro atoms. The SMILES string of the molecule is O=C(NC1CCCC1C(=O)O)c1csc2c1CCCC2. The molecule has 108 valence electrons. The zero-order valence-corrected chi connectivity index (χ0v) is 12.2. The lowest BCUT2D eigenvalue weighted by Gasteiger charge is -2.18. The molecule has 2 unspecified atom stereocenters. The quantitative estimate of drug-likeness (QED) is 0.900. The van der Waals surface area contributed by atoms with Crippen LogP contribution in [-0.2, 0) is 17.6 Å². The maximum absolute atomic E-state index is 12.4. The fourth-order valence-electron chi connectivity index (χ4n) is 3.36. The van der Waals surface area contributed by atoms with Crippen LogP contribution in [0.4, 0.5) is 0 Å². The van der Waals surface area contributed by atoms with Crippen LogP contribution in [0.5, 0.6) is 0 Å². The Morgan fingerprint density at radius 1 is 1.20 bits per heavy atom. The van der Waals surface area contributed by atoms with E-state index in [-0.39, 0.29) is 11.9 Å². The van der Waals surface area contributed by atoms with Gasteiger partial charge in [0.05, 0.1) is 11.5 Å². The fraction of sp³-hybridized carbons (Fsp3) is 0.600. The number of thiophene rings is 1. The van der Waals surface area contributed by atoms with E-state index in [0.29, 0.717) is 6.42 Å². The van der Waals surface area contributed by atoms with Crippen molar-refractivity contribution in [2.24, 2.45) is 5.92 Å². The fourth-order valence-corrected chi connectivity index (χ4v) is 4.48. The van der Waals surface area contributed by atoms with Gasteiger partial charge in [0, 0.05) is 16.3 Å². The summed E-state index contributed by atoms with van der Waals surface area (Å²) in [5.74, 6) is -1.30. The molecule has 1 amide bonds. The van der Waals surface area contributed by atoms with E-state index in [0.717, 1.165) is 37.7 Å². The van der Waals surface area contributed by atoms with E-state index in [9.17, 15) is 9.59 Å². The van der Waals surface area contributed by atoms with Gasteiger partial charge in [-0.1, -0.05) is 6.42 Å². The highest BCUT2D eigenvalue weighted by molar-refractivity contribution is 7.10. The Bertz CT molecular complexity index is 537. The maximum Gasteiger partial charge on any atom is 0.308 e. The Hall–Kier alpha value is -1.36. The van der Waals surface area contributed by atoms with Gasteiger partial charge < -0.3 is 10.4 Å². The molecule has 20 heavy (non-hydrogen) atoms. The number of hydrogen-bond acceptors (Lipinski definition) is 3. The molecule has 2 N–H and O–H groups in total. The molecule has 0 saturated heterocycles. The van der Waals surface area contributed by atoms with Crippen LogP contribution < -0.4 is 5.32 Å². The minimum atomic E-state index is -0.792. The van der Waals surface area contributed by atoms with Crippen molar-refractivity contribution < 1.29 is 14.7 Å². The third-order valence-electron chi connectivity index (χ3n) is 4.46. The van der Waals surface area contributed by atoms with Crippen LogP contribution in [-0.4, -0.2) is 23.0 Å². The molecule has 0 aliphatic heterocycles. The van der Waals surface area contributed by atoms with E-state index < -0.39 is 11.9 Å². The van der Waals surface area contributed by atoms with Crippen LogP contribution >= 0.6 is 11.3 Å². The van der Waals surface area contributed by atoms with Gasteiger partial charge in [0.25, 0.3) is 5.91 Å². The highest BCUT2D eigenvalue weighted by Crippen LogP contribution is 2.31. The van der Waals surface area contributed by atoms with Gasteiger partial charge in [-0.05, 0) is 44.1 Å². The average molecular weight is 293 g/mol. The van der Waals surface area contributed by atoms with Crippen molar-refractivity contribution in [1.82, 2.24) is 5.32 Å². The summed E-state index contributed by atoms with van der Waals surface area (Å²) in [4.78, 5) is 24.9. The molecule has 2 atom stereocenters. The van der Waals surface area contributed by atoms with Gasteiger partial charge in [-0.2, -0.15) is 0 Å². The van der Waals surface area contributed by atoms with Gasteiger partial charge in [-0.25, -0.2) is 0 Å². The van der Waals surface area contributed by atoms with Crippen molar-refractivity contribution in [1.29, 1.82) is 0 Å². The van der Waals surface area contributed by atoms with E-state index in [1.165, 1.54) is 16.9 Å². The van der Waals surface area contributed by atoms with Gasteiger partial charge in [-0.3, -0.25) is 9.59 Å². The predicted molar refractivity (Wildman–Crippen MR) is 77.2 cm³/mol. The number of carboxylic acids is 1. The van der Waals surface area contributed by atoms with E-state index in [2.05, 4.69) is 5.32 Å². The number of aliphatic carboxylic acids is 1. The molecule has 1 saturated carbocycles. The molecule has 1 aromatic heterocycles. The zero-order chi connectivity index (χ0) is 14.1. The summed E-state index contributed by atoms with van der Waals surface area (Å²) in [6.45, 7) is 0. The van der Waals surface area contributed by atoms with Crippen molar-refractivity contribution in [2.45, 2.75) is 51.0 Å². The third kappa shape index (κ3) is 2.46. The molecule has 0 radical (unpaired) electrons. The van der Waals surface area contributed by atoms with Crippen LogP contribution in [0.25, 0.3) is 0 Å². The summed E-state index contributed by atoms with van der Waals surface area (Å²) in [7, 11) is 0. The largest absolute Gasteiger partial charge is 0.481 e. The zero-order valence-electron chi connectivity index (χ0n) is 11.4. The monoisotopic (exact) mass is 293 g/mol. The van der Waals surface area contributed by atoms with Crippen LogP contribution in [0.2, 0.25) is 0 Å². The Labute approximate surface area is 122 Å². The first kappa shape index (κ1) is 13.6. The lowest BCUT2D eigenvalue weighted by molar-refractivity contribution is -0.142. The van der Waals surface area contributed by atoms with Gasteiger partial charge in [0.15, 0.2) is 0 Å². The van der Waals surface area contributed by atoms with Crippen LogP contribution in [0.1, 0.15) is 52.9 Å². The standard InChI is InChI=1S/C15H19NO3S/c17-14(16-12-6-3-5-10(12)15(18)19)11-8-20-13-7-2-1-4-9(11)13/h8,10,12H,1-7H2,(H,16,17)(H,18,19). The van der Waals surface area contributed by atoms with Crippen LogP contribution in [0, 0.1) is 5.92 Å². The summed E-state index contributed by atoms with van der Waals surface area (Å²) in [6.07, 6.45) is 6.73. The Morgan fingerprint density at radius 2 is 2.00 bits per heavy atom. The number of fused-ring (bicyclic) bond motifs is 1. The summed E-state index contributed by atoms with van der Waals surface area (Å²) in [6, 6.07) is -0.209. The number of carbonyl (C=O) groups is 2. The molecule has 1 heterocycles. The first-order chi connectivity index (χ1) is 9.66. The minimum Gasteiger partial charge on any atom is -0.481 e. The van der Waals surface area contributed by atoms with Crippen LogP contribution in [0.3, 0.4) is 0 Å². The van der Waals surface area contributed by atoms with Crippen LogP contribution in [0.15, 0.2) is 5.38 Å². The molecule has 0 bridgehead atoms. The number of carbonyl (C=O) groups excluding carboxylic acids is 1. The molecule has 1 aromatic rings. The first-order valence-electron chi connectivity index (χ1n) is 7.29. The minimum absolute atomic E-state index is 0.0810. The second kappa shape index (κ2) is 5.56. The van der Waals surface area contributed by atoms with Crippen molar-refractivity contribution in [3.05, 3.63) is 21.4 Å². The second-order valence-electron chi connectivity index (χ2n) is 5.71. The second-order valence-corrected chi connectivity index (χ2v) is 6.68. The summed E-state index contributed by atoms with van der Waals surface area (Å²) < 4.78 is 0. The third-order valence-corrected chi connectivity index (χ3v) is 5.54. The van der Waals surface area contributed by atoms with Crippen molar-refractivity contribution in [3.8, 4) is 0 Å². The smallest absolute Gasteiger partial charge is 0.308 e. The highest BCUT2D eigenvalue weighted by atomic mass is 32.1. The van der Waals surface area contributed by atoms with E-state index in [1.807, 2.05) is 5.38 Å². The average Bonchev–Trinajstić information content (AvgIpc) is 3.04. The molecule has 5 heteroatoms. The molecule has 0 aromatic carbocycles. The lowest BCUT2D eigenvalue weighted by atomic mass is 9.95. The molecule has 1 fully saturated rings. The molecule has 2 aliphatic carbocycles. The summed E-state index contributed by atoms with van der Waals surface area (Å²) in [5.41, 5.74) is 1.98. The molecule has 3 rings (SSSR count). The Morgan fingerprint density at radius 3 is 2.80 bits per heavy atom. The highest BCUT2D eigenvalue weighted by Gasteiger charge is 2.34. The van der Waals surface area contributed by atoms with Crippen molar-refractivity contribution >= 4 is 23.2 Å². The number of nitrogens with one attached hydrogen (secondary N) is 1. The normalized spacial score (nSPS) is 25.2. The predicted octanol–water partition coefficient (Wildman–Crippen LogP) is 2.61. The molecule has 4 nitrogen and oxygen atoms in total. The van der Waals surface area contributed by atoms with E-state index in [1.54, 1.807) is 11.3 Å². The van der Waals surface area contributed by atoms with Gasteiger partial charge >= 0.3 is 5.97 Å². The number of hydrogen-bond donors (Lipinski definition) is 2. The number of amides is 1. The van der Waals surface area contributed by atoms with E-state index >= 15 is 0 Å². The van der Waals surface area contributed by atoms with E-state index in [4.69, 9.17) is 5.11 Å². The number of aryl methyl sites for hydroxylation is 1. The summed E-state index contributed by atoms with van der Waals surface area (Å²) in [5, 5.41) is 14.1. The lowest BCUT2D eigenvalue weighted by Crippen LogP contribution is -2.40. The Balaban J connectivity index is 1.73. The van der Waals surface area contributed by atoms with Gasteiger partial charge in [-0.15, -0.1) is 11.3 Å². The topological polar surface area (TPSA) is 66.4 Å². The number of carboxylic acid groups (broad SMARTS) is 1. The Kier molecular flexibility index (Phi) is 3.78. The van der Waals surface area contributed by atoms with Gasteiger partial charge in [0.2, 0.25) is 0 Å². The maximum atomic E-state index is 12.4. The first-order valence-corrected chi connectivity index (χ1v) is 8.17. The van der Waals surface area contributed by atoms with Crippen molar-refractivity contribution in [2.75, 3.05) is 0 Å². The molecule has 2 aliphatic rings. The molecular weight excluding hydrogens is 274 g/mol. The van der Waals surface area contributed by atoms with Crippen molar-refractivity contribution in [3.63, 3.8) is 0 Å². The molecular formula is C15H19NO3S. The number of rotatable bonds is 3. The van der Waals surface area contributed by atoms with Gasteiger partial charge in [0.1, 0.15) is 0 Å². The summed E-state index contributed by atoms with van der Waals surface area (Å²) >= 11 is 1.67.